The molecule has 1 aromatic heterocycles. The van der Waals surface area contributed by atoms with Crippen molar-refractivity contribution >= 4 is 44.4 Å². The summed E-state index contributed by atoms with van der Waals surface area (Å²) in [5.74, 6) is -1.33. The fourth-order valence-electron chi connectivity index (χ4n) is 3.09. The molecule has 0 N–H and O–H groups in total. The molecule has 0 atom stereocenters. The van der Waals surface area contributed by atoms with Crippen LogP contribution in [0, 0.1) is 17.5 Å². The standard InChI is InChI=1S/C22H24F3N3OS2/c1-3-27(4-2)10-11-28(20(29)9-12-30-17-7-5-15(23)6-8-17)22-26-21-18(25)13-16(24)14-19(21)31-22/h5-8,13-14H,3-4,9-12H2,1-2H3. The van der Waals surface area contributed by atoms with Crippen LogP contribution in [0.15, 0.2) is 41.3 Å². The Morgan fingerprint density at radius 2 is 1.74 bits per heavy atom. The number of thioether (sulfide) groups is 1. The molecule has 0 bridgehead atoms. The number of rotatable bonds is 10. The minimum absolute atomic E-state index is 0.0720. The van der Waals surface area contributed by atoms with Gasteiger partial charge in [-0.3, -0.25) is 9.69 Å². The van der Waals surface area contributed by atoms with Crippen LogP contribution in [0.5, 0.6) is 0 Å². The molecule has 2 aromatic carbocycles. The average Bonchev–Trinajstić information content (AvgIpc) is 3.16. The number of amides is 1. The molecule has 0 saturated carbocycles. The average molecular weight is 468 g/mol. The highest BCUT2D eigenvalue weighted by Gasteiger charge is 2.21. The number of thiazole rings is 1. The first-order chi connectivity index (χ1) is 14.9. The molecular weight excluding hydrogens is 443 g/mol. The van der Waals surface area contributed by atoms with Gasteiger partial charge in [0, 0.05) is 36.2 Å². The van der Waals surface area contributed by atoms with Crippen LogP contribution in [0.25, 0.3) is 10.2 Å². The van der Waals surface area contributed by atoms with Gasteiger partial charge in [0.25, 0.3) is 0 Å². The Morgan fingerprint density at radius 3 is 2.42 bits per heavy atom. The molecule has 4 nitrogen and oxygen atoms in total. The van der Waals surface area contributed by atoms with Crippen LogP contribution in [0.3, 0.4) is 0 Å². The molecule has 166 valence electrons. The molecule has 3 aromatic rings. The van der Waals surface area contributed by atoms with Crippen molar-refractivity contribution in [1.29, 1.82) is 0 Å². The van der Waals surface area contributed by atoms with Crippen molar-refractivity contribution < 1.29 is 18.0 Å². The van der Waals surface area contributed by atoms with Gasteiger partial charge in [-0.2, -0.15) is 0 Å². The summed E-state index contributed by atoms with van der Waals surface area (Å²) in [6.07, 6.45) is 0.243. The molecule has 0 aliphatic heterocycles. The van der Waals surface area contributed by atoms with E-state index in [1.54, 1.807) is 17.0 Å². The van der Waals surface area contributed by atoms with Crippen molar-refractivity contribution in [3.05, 3.63) is 53.8 Å². The molecule has 0 aliphatic rings. The highest BCUT2D eigenvalue weighted by atomic mass is 32.2. The van der Waals surface area contributed by atoms with Crippen molar-refractivity contribution in [2.45, 2.75) is 25.2 Å². The summed E-state index contributed by atoms with van der Waals surface area (Å²) in [6.45, 7) is 6.84. The second-order valence-electron chi connectivity index (χ2n) is 6.86. The predicted octanol–water partition coefficient (Wildman–Crippen LogP) is 5.57. The van der Waals surface area contributed by atoms with E-state index in [-0.39, 0.29) is 23.7 Å². The zero-order valence-corrected chi connectivity index (χ0v) is 19.0. The van der Waals surface area contributed by atoms with Gasteiger partial charge >= 0.3 is 0 Å². The first-order valence-corrected chi connectivity index (χ1v) is 11.9. The second-order valence-corrected chi connectivity index (χ2v) is 9.03. The SMILES string of the molecule is CCN(CC)CCN(C(=O)CCSc1ccc(F)cc1)c1nc2c(F)cc(F)cc2s1. The molecule has 3 rings (SSSR count). The van der Waals surface area contributed by atoms with Crippen LogP contribution in [-0.4, -0.2) is 47.7 Å². The number of carbonyl (C=O) groups is 1. The molecule has 0 spiro atoms. The number of hydrogen-bond acceptors (Lipinski definition) is 5. The summed E-state index contributed by atoms with van der Waals surface area (Å²) < 4.78 is 41.1. The number of fused-ring (bicyclic) bond motifs is 1. The van der Waals surface area contributed by atoms with Gasteiger partial charge in [-0.15, -0.1) is 11.8 Å². The summed E-state index contributed by atoms with van der Waals surface area (Å²) in [7, 11) is 0. The number of anilines is 1. The zero-order valence-electron chi connectivity index (χ0n) is 17.4. The van der Waals surface area contributed by atoms with E-state index in [4.69, 9.17) is 0 Å². The van der Waals surface area contributed by atoms with Crippen LogP contribution in [0.1, 0.15) is 20.3 Å². The molecule has 1 amide bonds. The van der Waals surface area contributed by atoms with Crippen LogP contribution in [0.2, 0.25) is 0 Å². The van der Waals surface area contributed by atoms with Crippen LogP contribution >= 0.6 is 23.1 Å². The highest BCUT2D eigenvalue weighted by Crippen LogP contribution is 2.32. The Balaban J connectivity index is 1.76. The Morgan fingerprint density at radius 1 is 1.03 bits per heavy atom. The quantitative estimate of drug-likeness (QED) is 0.365. The third-order valence-electron chi connectivity index (χ3n) is 4.87. The topological polar surface area (TPSA) is 36.4 Å². The Hall–Kier alpha value is -2.10. The van der Waals surface area contributed by atoms with Gasteiger partial charge in [0.15, 0.2) is 10.9 Å². The largest absolute Gasteiger partial charge is 0.302 e. The second kappa shape index (κ2) is 11.0. The maximum atomic E-state index is 14.1. The lowest BCUT2D eigenvalue weighted by atomic mass is 10.3. The molecule has 0 saturated heterocycles. The molecule has 0 aliphatic carbocycles. The molecule has 1 heterocycles. The smallest absolute Gasteiger partial charge is 0.229 e. The van der Waals surface area contributed by atoms with E-state index in [2.05, 4.69) is 9.88 Å². The lowest BCUT2D eigenvalue weighted by Gasteiger charge is -2.24. The van der Waals surface area contributed by atoms with Gasteiger partial charge in [0.05, 0.1) is 4.70 Å². The normalized spacial score (nSPS) is 11.4. The van der Waals surface area contributed by atoms with Gasteiger partial charge in [-0.1, -0.05) is 25.2 Å². The Kier molecular flexibility index (Phi) is 8.34. The zero-order chi connectivity index (χ0) is 22.4. The molecular formula is C22H24F3N3OS2. The van der Waals surface area contributed by atoms with Crippen molar-refractivity contribution in [2.24, 2.45) is 0 Å². The van der Waals surface area contributed by atoms with E-state index < -0.39 is 11.6 Å². The van der Waals surface area contributed by atoms with Crippen LogP contribution in [-0.2, 0) is 4.79 Å². The molecule has 0 unspecified atom stereocenters. The van der Waals surface area contributed by atoms with E-state index in [0.29, 0.717) is 28.7 Å². The lowest BCUT2D eigenvalue weighted by Crippen LogP contribution is -2.39. The van der Waals surface area contributed by atoms with Crippen molar-refractivity contribution in [3.8, 4) is 0 Å². The highest BCUT2D eigenvalue weighted by molar-refractivity contribution is 7.99. The number of nitrogens with zero attached hydrogens (tertiary/aromatic N) is 3. The number of halogens is 3. The third kappa shape index (κ3) is 6.21. The molecule has 9 heteroatoms. The predicted molar refractivity (Wildman–Crippen MR) is 121 cm³/mol. The van der Waals surface area contributed by atoms with Gasteiger partial charge in [-0.05, 0) is 43.4 Å². The number of aromatic nitrogens is 1. The molecule has 0 fully saturated rings. The summed E-state index contributed by atoms with van der Waals surface area (Å²) in [5, 5.41) is 0.364. The van der Waals surface area contributed by atoms with E-state index in [0.717, 1.165) is 35.4 Å². The summed E-state index contributed by atoms with van der Waals surface area (Å²) in [4.78, 5) is 22.0. The van der Waals surface area contributed by atoms with Crippen molar-refractivity contribution in [1.82, 2.24) is 9.88 Å². The van der Waals surface area contributed by atoms with Crippen LogP contribution in [0.4, 0.5) is 18.3 Å². The Labute approximate surface area is 188 Å². The number of likely N-dealkylation sites (N-methyl/N-ethyl adjacent to an activating group) is 1. The van der Waals surface area contributed by atoms with Gasteiger partial charge in [0.2, 0.25) is 5.91 Å². The third-order valence-corrected chi connectivity index (χ3v) is 6.91. The maximum Gasteiger partial charge on any atom is 0.229 e. The van der Waals surface area contributed by atoms with Crippen molar-refractivity contribution in [3.63, 3.8) is 0 Å². The minimum Gasteiger partial charge on any atom is -0.302 e. The van der Waals surface area contributed by atoms with Gasteiger partial charge < -0.3 is 4.90 Å². The van der Waals surface area contributed by atoms with Gasteiger partial charge in [-0.25, -0.2) is 18.2 Å². The summed E-state index contributed by atoms with van der Waals surface area (Å²) in [5.41, 5.74) is 0.0720. The first kappa shape index (κ1) is 23.6. The minimum atomic E-state index is -0.736. The number of carbonyl (C=O) groups excluding carboxylic acids is 1. The van der Waals surface area contributed by atoms with E-state index in [1.807, 2.05) is 13.8 Å². The number of hydrogen-bond donors (Lipinski definition) is 0. The molecule has 31 heavy (non-hydrogen) atoms. The summed E-state index contributed by atoms with van der Waals surface area (Å²) >= 11 is 2.57. The van der Waals surface area contributed by atoms with Gasteiger partial charge in [0.1, 0.15) is 17.2 Å². The lowest BCUT2D eigenvalue weighted by molar-refractivity contribution is -0.118. The fraction of sp³-hybridized carbons (Fsp3) is 0.364. The van der Waals surface area contributed by atoms with E-state index >= 15 is 0 Å². The fourth-order valence-corrected chi connectivity index (χ4v) is 4.98. The first-order valence-electron chi connectivity index (χ1n) is 10.1. The summed E-state index contributed by atoms with van der Waals surface area (Å²) in [6, 6.07) is 8.15. The Bertz CT molecular complexity index is 1020. The van der Waals surface area contributed by atoms with E-state index in [1.165, 1.54) is 30.0 Å². The maximum absolute atomic E-state index is 14.1. The van der Waals surface area contributed by atoms with Crippen LogP contribution < -0.4 is 4.90 Å². The molecule has 0 radical (unpaired) electrons. The number of benzene rings is 2. The van der Waals surface area contributed by atoms with E-state index in [9.17, 15) is 18.0 Å². The van der Waals surface area contributed by atoms with Crippen molar-refractivity contribution in [2.75, 3.05) is 36.8 Å². The monoisotopic (exact) mass is 467 g/mol.